The molecule has 1 fully saturated rings. The first-order valence-electron chi connectivity index (χ1n) is 8.57. The zero-order valence-corrected chi connectivity index (χ0v) is 14.9. The number of hydrazine groups is 1. The van der Waals surface area contributed by atoms with Gasteiger partial charge in [0.25, 0.3) is 11.8 Å². The molecule has 25 heavy (non-hydrogen) atoms. The maximum Gasteiger partial charge on any atom is 0.309 e. The molecule has 1 aliphatic carbocycles. The monoisotopic (exact) mass is 347 g/mol. The highest BCUT2D eigenvalue weighted by atomic mass is 16.5. The first kappa shape index (κ1) is 18.8. The Hall–Kier alpha value is -2.57. The van der Waals surface area contributed by atoms with Gasteiger partial charge >= 0.3 is 5.97 Å². The van der Waals surface area contributed by atoms with Crippen molar-refractivity contribution < 1.29 is 19.1 Å². The number of hydrogen-bond acceptors (Lipinski definition) is 5. The summed E-state index contributed by atoms with van der Waals surface area (Å²) < 4.78 is 4.90. The zero-order valence-electron chi connectivity index (χ0n) is 14.9. The lowest BCUT2D eigenvalue weighted by atomic mass is 10.2. The average Bonchev–Trinajstić information content (AvgIpc) is 3.36. The Morgan fingerprint density at radius 2 is 1.72 bits per heavy atom. The average molecular weight is 347 g/mol. The van der Waals surface area contributed by atoms with Gasteiger partial charge in [-0.3, -0.25) is 25.2 Å². The Morgan fingerprint density at radius 1 is 1.12 bits per heavy atom. The van der Waals surface area contributed by atoms with Gasteiger partial charge in [-0.05, 0) is 50.5 Å². The topological polar surface area (TPSA) is 87.7 Å². The first-order valence-corrected chi connectivity index (χ1v) is 8.57. The molecule has 0 heterocycles. The summed E-state index contributed by atoms with van der Waals surface area (Å²) in [5.41, 5.74) is 6.01. The molecule has 0 spiro atoms. The molecule has 1 aromatic carbocycles. The van der Waals surface area contributed by atoms with Crippen LogP contribution in [-0.2, 0) is 14.3 Å². The number of anilines is 1. The Bertz CT molecular complexity index is 626. The number of carbonyl (C=O) groups is 3. The number of amides is 2. The third kappa shape index (κ3) is 5.20. The number of esters is 1. The van der Waals surface area contributed by atoms with E-state index in [4.69, 9.17) is 4.74 Å². The van der Waals surface area contributed by atoms with Crippen LogP contribution in [0.15, 0.2) is 24.3 Å². The maximum absolute atomic E-state index is 12.0. The lowest BCUT2D eigenvalue weighted by molar-refractivity contribution is -0.150. The van der Waals surface area contributed by atoms with E-state index in [-0.39, 0.29) is 11.9 Å². The maximum atomic E-state index is 12.0. The molecule has 1 saturated carbocycles. The Kier molecular flexibility index (Phi) is 6.38. The number of nitrogens with zero attached hydrogens (tertiary/aromatic N) is 1. The van der Waals surface area contributed by atoms with Crippen molar-refractivity contribution in [2.45, 2.75) is 27.2 Å². The molecule has 2 rings (SSSR count). The van der Waals surface area contributed by atoms with E-state index in [0.717, 1.165) is 25.2 Å². The minimum absolute atomic E-state index is 0.0910. The first-order chi connectivity index (χ1) is 12.0. The van der Waals surface area contributed by atoms with E-state index in [0.29, 0.717) is 11.5 Å². The molecule has 7 heteroatoms. The molecule has 1 aliphatic rings. The molecule has 0 bridgehead atoms. The lowest BCUT2D eigenvalue weighted by Crippen LogP contribution is -2.43. The normalized spacial score (nSPS) is 18.2. The van der Waals surface area contributed by atoms with Gasteiger partial charge in [0.1, 0.15) is 0 Å². The molecule has 1 aromatic rings. The molecule has 0 aliphatic heterocycles. The summed E-state index contributed by atoms with van der Waals surface area (Å²) in [6.07, 6.45) is 0.806. The van der Waals surface area contributed by atoms with Crippen LogP contribution < -0.4 is 15.8 Å². The Labute approximate surface area is 147 Å². The van der Waals surface area contributed by atoms with Crippen molar-refractivity contribution in [2.75, 3.05) is 24.6 Å². The van der Waals surface area contributed by atoms with E-state index in [2.05, 4.69) is 29.6 Å². The van der Waals surface area contributed by atoms with E-state index >= 15 is 0 Å². The molecule has 0 unspecified atom stereocenters. The van der Waals surface area contributed by atoms with Crippen molar-refractivity contribution in [2.24, 2.45) is 11.8 Å². The summed E-state index contributed by atoms with van der Waals surface area (Å²) in [6, 6.07) is 7.12. The van der Waals surface area contributed by atoms with Crippen molar-refractivity contribution in [1.29, 1.82) is 0 Å². The van der Waals surface area contributed by atoms with Crippen LogP contribution in [0.4, 0.5) is 5.69 Å². The van der Waals surface area contributed by atoms with E-state index < -0.39 is 18.4 Å². The number of rotatable bonds is 7. The van der Waals surface area contributed by atoms with Crippen LogP contribution >= 0.6 is 0 Å². The van der Waals surface area contributed by atoms with Crippen molar-refractivity contribution >= 4 is 23.5 Å². The third-order valence-electron chi connectivity index (χ3n) is 4.33. The second-order valence-electron chi connectivity index (χ2n) is 6.15. The number of carbonyl (C=O) groups excluding carboxylic acids is 3. The number of ether oxygens (including phenoxy) is 1. The smallest absolute Gasteiger partial charge is 0.309 e. The largest absolute Gasteiger partial charge is 0.455 e. The predicted molar refractivity (Wildman–Crippen MR) is 93.8 cm³/mol. The zero-order chi connectivity index (χ0) is 18.4. The van der Waals surface area contributed by atoms with E-state index in [1.165, 1.54) is 0 Å². The van der Waals surface area contributed by atoms with Crippen molar-refractivity contribution in [3.8, 4) is 0 Å². The second-order valence-corrected chi connectivity index (χ2v) is 6.15. The van der Waals surface area contributed by atoms with Gasteiger partial charge in [-0.1, -0.05) is 6.92 Å². The van der Waals surface area contributed by atoms with Crippen molar-refractivity contribution in [3.05, 3.63) is 29.8 Å². The molecular formula is C18H25N3O4. The van der Waals surface area contributed by atoms with Crippen LogP contribution in [0, 0.1) is 11.8 Å². The summed E-state index contributed by atoms with van der Waals surface area (Å²) in [5.74, 6) is -1.13. The SMILES string of the molecule is CCN(CC)c1ccc(C(=O)NNC(=O)COC(=O)[C@@H]2C[C@H]2C)cc1. The van der Waals surface area contributed by atoms with Gasteiger partial charge in [0.15, 0.2) is 6.61 Å². The summed E-state index contributed by atoms with van der Waals surface area (Å²) >= 11 is 0. The van der Waals surface area contributed by atoms with Gasteiger partial charge in [-0.25, -0.2) is 0 Å². The molecular weight excluding hydrogens is 322 g/mol. The quantitative estimate of drug-likeness (QED) is 0.576. The molecule has 7 nitrogen and oxygen atoms in total. The third-order valence-corrected chi connectivity index (χ3v) is 4.33. The van der Waals surface area contributed by atoms with Crippen LogP contribution in [0.25, 0.3) is 0 Å². The minimum Gasteiger partial charge on any atom is -0.455 e. The summed E-state index contributed by atoms with van der Waals surface area (Å²) in [7, 11) is 0. The Morgan fingerprint density at radius 3 is 2.24 bits per heavy atom. The fourth-order valence-corrected chi connectivity index (χ4v) is 2.54. The van der Waals surface area contributed by atoms with Crippen LogP contribution in [0.1, 0.15) is 37.6 Å². The molecule has 2 N–H and O–H groups in total. The van der Waals surface area contributed by atoms with Gasteiger partial charge in [0, 0.05) is 24.3 Å². The fourth-order valence-electron chi connectivity index (χ4n) is 2.54. The molecule has 0 aromatic heterocycles. The van der Waals surface area contributed by atoms with Gasteiger partial charge in [-0.2, -0.15) is 0 Å². The van der Waals surface area contributed by atoms with Crippen molar-refractivity contribution in [3.63, 3.8) is 0 Å². The number of benzene rings is 1. The van der Waals surface area contributed by atoms with Crippen LogP contribution in [0.2, 0.25) is 0 Å². The Balaban J connectivity index is 1.75. The van der Waals surface area contributed by atoms with E-state index in [9.17, 15) is 14.4 Å². The summed E-state index contributed by atoms with van der Waals surface area (Å²) in [5, 5.41) is 0. The predicted octanol–water partition coefficient (Wildman–Crippen LogP) is 1.49. The van der Waals surface area contributed by atoms with Gasteiger partial charge in [0.05, 0.1) is 5.92 Å². The minimum atomic E-state index is -0.574. The highest BCUT2D eigenvalue weighted by molar-refractivity contribution is 5.95. The molecule has 2 amide bonds. The standard InChI is InChI=1S/C18H25N3O4/c1-4-21(5-2)14-8-6-13(7-9-14)17(23)20-19-16(22)11-25-18(24)15-10-12(15)3/h6-9,12,15H,4-5,10-11H2,1-3H3,(H,19,22)(H,20,23)/t12-,15-/m1/s1. The molecule has 2 atom stereocenters. The number of hydrogen-bond donors (Lipinski definition) is 2. The fraction of sp³-hybridized carbons (Fsp3) is 0.500. The lowest BCUT2D eigenvalue weighted by Gasteiger charge is -2.21. The summed E-state index contributed by atoms with van der Waals surface area (Å²) in [4.78, 5) is 37.3. The van der Waals surface area contributed by atoms with Gasteiger partial charge < -0.3 is 9.64 Å². The molecule has 136 valence electrons. The highest BCUT2D eigenvalue weighted by Gasteiger charge is 2.40. The van der Waals surface area contributed by atoms with Crippen LogP contribution in [0.5, 0.6) is 0 Å². The second kappa shape index (κ2) is 8.50. The highest BCUT2D eigenvalue weighted by Crippen LogP contribution is 2.38. The van der Waals surface area contributed by atoms with Gasteiger partial charge in [0.2, 0.25) is 0 Å². The summed E-state index contributed by atoms with van der Waals surface area (Å²) in [6.45, 7) is 7.46. The van der Waals surface area contributed by atoms with E-state index in [1.807, 2.05) is 19.1 Å². The molecule has 0 radical (unpaired) electrons. The molecule has 0 saturated heterocycles. The van der Waals surface area contributed by atoms with Crippen LogP contribution in [0.3, 0.4) is 0 Å². The van der Waals surface area contributed by atoms with Gasteiger partial charge in [-0.15, -0.1) is 0 Å². The van der Waals surface area contributed by atoms with Crippen LogP contribution in [-0.4, -0.2) is 37.5 Å². The van der Waals surface area contributed by atoms with E-state index in [1.54, 1.807) is 12.1 Å². The van der Waals surface area contributed by atoms with Crippen molar-refractivity contribution in [1.82, 2.24) is 10.9 Å². The number of nitrogens with one attached hydrogen (secondary N) is 2.